The number of hydrogen-bond acceptors (Lipinski definition) is 3. The largest absolute Gasteiger partial charge is 0.364 e. The Morgan fingerprint density at radius 3 is 3.12 bits per heavy atom. The molecular formula is C13H16N2S. The molecule has 2 unspecified atom stereocenters. The van der Waals surface area contributed by atoms with Gasteiger partial charge in [0.05, 0.1) is 0 Å². The molecule has 1 fully saturated rings. The van der Waals surface area contributed by atoms with Crippen molar-refractivity contribution in [1.29, 1.82) is 0 Å². The van der Waals surface area contributed by atoms with Gasteiger partial charge in [0.15, 0.2) is 0 Å². The first kappa shape index (κ1) is 10.2. The molecule has 0 spiro atoms. The monoisotopic (exact) mass is 232 g/mol. The fourth-order valence-electron chi connectivity index (χ4n) is 2.50. The summed E-state index contributed by atoms with van der Waals surface area (Å²) in [6.45, 7) is 0. The summed E-state index contributed by atoms with van der Waals surface area (Å²) >= 11 is 1.82. The molecule has 1 aromatic rings. The molecule has 3 N–H and O–H groups in total. The number of rotatable bonds is 0. The Morgan fingerprint density at radius 2 is 2.19 bits per heavy atom. The Labute approximate surface area is 99.6 Å². The molecule has 1 aliphatic carbocycles. The van der Waals surface area contributed by atoms with Crippen LogP contribution in [0.1, 0.15) is 12.8 Å². The summed E-state index contributed by atoms with van der Waals surface area (Å²) in [7, 11) is 0. The second-order valence-electron chi connectivity index (χ2n) is 4.38. The van der Waals surface area contributed by atoms with Gasteiger partial charge in [-0.15, -0.1) is 11.8 Å². The predicted molar refractivity (Wildman–Crippen MR) is 69.9 cm³/mol. The van der Waals surface area contributed by atoms with Crippen molar-refractivity contribution in [1.82, 2.24) is 5.32 Å². The van der Waals surface area contributed by atoms with Crippen LogP contribution in [0, 0.1) is 5.92 Å². The third-order valence-electron chi connectivity index (χ3n) is 3.31. The summed E-state index contributed by atoms with van der Waals surface area (Å²) in [5, 5.41) is 6.15. The first-order chi connectivity index (χ1) is 7.84. The zero-order chi connectivity index (χ0) is 11.0. The highest BCUT2D eigenvalue weighted by Gasteiger charge is 2.24. The van der Waals surface area contributed by atoms with Crippen LogP contribution in [-0.2, 0) is 0 Å². The van der Waals surface area contributed by atoms with Gasteiger partial charge in [-0.2, -0.15) is 0 Å². The topological polar surface area (TPSA) is 38.0 Å². The van der Waals surface area contributed by atoms with Crippen LogP contribution in [0.2, 0.25) is 0 Å². The molecule has 1 aliphatic heterocycles. The average molecular weight is 232 g/mol. The number of nitrogens with two attached hydrogens (primary N) is 1. The van der Waals surface area contributed by atoms with Crippen molar-refractivity contribution >= 4 is 23.5 Å². The van der Waals surface area contributed by atoms with Crippen molar-refractivity contribution in [3.8, 4) is 0 Å². The Bertz CT molecular complexity index is 509. The van der Waals surface area contributed by atoms with Crippen LogP contribution in [0.5, 0.6) is 0 Å². The Hall–Kier alpha value is -0.930. The first-order valence-electron chi connectivity index (χ1n) is 5.78. The van der Waals surface area contributed by atoms with E-state index in [1.54, 1.807) is 0 Å². The molecule has 2 aliphatic rings. The van der Waals surface area contributed by atoms with Crippen LogP contribution >= 0.6 is 11.8 Å². The lowest BCUT2D eigenvalue weighted by Crippen LogP contribution is -2.45. The van der Waals surface area contributed by atoms with E-state index in [4.69, 9.17) is 5.73 Å². The van der Waals surface area contributed by atoms with E-state index < -0.39 is 0 Å². The maximum atomic E-state index is 5.97. The minimum absolute atomic E-state index is 0.0532. The molecule has 0 bridgehead atoms. The minimum Gasteiger partial charge on any atom is -0.364 e. The van der Waals surface area contributed by atoms with Gasteiger partial charge in [-0.3, -0.25) is 0 Å². The molecular weight excluding hydrogens is 216 g/mol. The highest BCUT2D eigenvalue weighted by molar-refractivity contribution is 7.99. The van der Waals surface area contributed by atoms with Gasteiger partial charge in [0.1, 0.15) is 5.50 Å². The summed E-state index contributed by atoms with van der Waals surface area (Å²) in [6, 6.07) is 8.61. The van der Waals surface area contributed by atoms with Crippen LogP contribution in [0.3, 0.4) is 0 Å². The van der Waals surface area contributed by atoms with Gasteiger partial charge in [-0.1, -0.05) is 30.3 Å². The average Bonchev–Trinajstić information content (AvgIpc) is 2.48. The second kappa shape index (κ2) is 4.15. The Balaban J connectivity index is 2.23. The number of thioether (sulfide) groups is 1. The summed E-state index contributed by atoms with van der Waals surface area (Å²) < 4.78 is 0. The third kappa shape index (κ3) is 1.74. The molecule has 0 aromatic heterocycles. The van der Waals surface area contributed by atoms with Gasteiger partial charge in [-0.25, -0.2) is 0 Å². The quantitative estimate of drug-likeness (QED) is 0.686. The molecule has 0 radical (unpaired) electrons. The number of hydrogen-bond donors (Lipinski definition) is 2. The van der Waals surface area contributed by atoms with E-state index in [9.17, 15) is 0 Å². The number of benzene rings is 1. The molecule has 1 saturated heterocycles. The van der Waals surface area contributed by atoms with Gasteiger partial charge >= 0.3 is 0 Å². The highest BCUT2D eigenvalue weighted by Crippen LogP contribution is 2.27. The molecule has 1 heterocycles. The highest BCUT2D eigenvalue weighted by atomic mass is 32.2. The van der Waals surface area contributed by atoms with E-state index in [2.05, 4.69) is 35.7 Å². The van der Waals surface area contributed by atoms with Crippen molar-refractivity contribution in [3.63, 3.8) is 0 Å². The molecule has 0 amide bonds. The van der Waals surface area contributed by atoms with Crippen LogP contribution in [-0.4, -0.2) is 11.3 Å². The van der Waals surface area contributed by atoms with Crippen molar-refractivity contribution in [2.45, 2.75) is 18.3 Å². The van der Waals surface area contributed by atoms with Crippen molar-refractivity contribution in [2.24, 2.45) is 11.7 Å². The molecule has 1 aromatic carbocycles. The Kier molecular flexibility index (Phi) is 2.65. The van der Waals surface area contributed by atoms with Gasteiger partial charge in [-0.05, 0) is 18.1 Å². The molecule has 2 nitrogen and oxygen atoms in total. The van der Waals surface area contributed by atoms with Crippen LogP contribution in [0.25, 0.3) is 11.8 Å². The van der Waals surface area contributed by atoms with Crippen molar-refractivity contribution in [3.05, 3.63) is 34.7 Å². The van der Waals surface area contributed by atoms with Gasteiger partial charge in [0, 0.05) is 22.6 Å². The summed E-state index contributed by atoms with van der Waals surface area (Å²) in [6.07, 6.45) is 4.75. The van der Waals surface area contributed by atoms with Crippen molar-refractivity contribution in [2.75, 3.05) is 5.75 Å². The maximum Gasteiger partial charge on any atom is 0.123 e. The maximum absolute atomic E-state index is 5.97. The van der Waals surface area contributed by atoms with E-state index in [1.807, 2.05) is 11.8 Å². The predicted octanol–water partition coefficient (Wildman–Crippen LogP) is 0.564. The number of fused-ring (bicyclic) bond motifs is 2. The van der Waals surface area contributed by atoms with E-state index in [0.29, 0.717) is 5.92 Å². The van der Waals surface area contributed by atoms with E-state index in [1.165, 1.54) is 29.0 Å². The first-order valence-corrected chi connectivity index (χ1v) is 6.82. The van der Waals surface area contributed by atoms with E-state index in [-0.39, 0.29) is 5.50 Å². The Morgan fingerprint density at radius 1 is 1.31 bits per heavy atom. The van der Waals surface area contributed by atoms with E-state index >= 15 is 0 Å². The fraction of sp³-hybridized carbons (Fsp3) is 0.385. The summed E-state index contributed by atoms with van der Waals surface area (Å²) in [5.41, 5.74) is 7.38. The van der Waals surface area contributed by atoms with Crippen LogP contribution in [0.15, 0.2) is 24.3 Å². The lowest BCUT2D eigenvalue weighted by atomic mass is 10.0. The SMILES string of the molecule is NC1NC2=c3ccccc3=CCCC2CS1. The summed E-state index contributed by atoms with van der Waals surface area (Å²) in [4.78, 5) is 0. The molecule has 3 heteroatoms. The van der Waals surface area contributed by atoms with Crippen LogP contribution in [0.4, 0.5) is 0 Å². The number of nitrogens with one attached hydrogen (secondary N) is 1. The molecule has 84 valence electrons. The summed E-state index contributed by atoms with van der Waals surface area (Å²) in [5.74, 6) is 1.79. The molecule has 3 rings (SSSR count). The molecule has 0 saturated carbocycles. The van der Waals surface area contributed by atoms with Gasteiger partial charge in [0.2, 0.25) is 0 Å². The third-order valence-corrected chi connectivity index (χ3v) is 4.39. The fourth-order valence-corrected chi connectivity index (χ4v) is 3.48. The molecule has 16 heavy (non-hydrogen) atoms. The molecule has 2 atom stereocenters. The van der Waals surface area contributed by atoms with Gasteiger partial charge < -0.3 is 11.1 Å². The lowest BCUT2D eigenvalue weighted by Gasteiger charge is -2.30. The normalized spacial score (nSPS) is 28.2. The zero-order valence-electron chi connectivity index (χ0n) is 9.15. The minimum atomic E-state index is 0.0532. The lowest BCUT2D eigenvalue weighted by molar-refractivity contribution is 0.621. The smallest absolute Gasteiger partial charge is 0.123 e. The second-order valence-corrected chi connectivity index (χ2v) is 5.55. The zero-order valence-corrected chi connectivity index (χ0v) is 9.96. The standard InChI is InChI=1S/C13H16N2S/c14-13-15-12-10(8-16-13)6-3-5-9-4-1-2-7-11(9)12/h1-2,4-5,7,10,13,15H,3,6,8,14H2. The van der Waals surface area contributed by atoms with E-state index in [0.717, 1.165) is 5.75 Å². The van der Waals surface area contributed by atoms with Gasteiger partial charge in [0.25, 0.3) is 0 Å². The van der Waals surface area contributed by atoms with Crippen LogP contribution < -0.4 is 21.5 Å². The van der Waals surface area contributed by atoms with Crippen molar-refractivity contribution < 1.29 is 0 Å².